The summed E-state index contributed by atoms with van der Waals surface area (Å²) in [5.74, 6) is 0.181. The maximum Gasteiger partial charge on any atom is 0.223 e. The van der Waals surface area contributed by atoms with Crippen molar-refractivity contribution in [2.45, 2.75) is 25.4 Å². The molecular formula is C18H21FN4O2. The summed E-state index contributed by atoms with van der Waals surface area (Å²) < 4.78 is 20.1. The minimum absolute atomic E-state index is 0.0847. The van der Waals surface area contributed by atoms with E-state index < -0.39 is 0 Å². The van der Waals surface area contributed by atoms with Gasteiger partial charge in [-0.1, -0.05) is 6.07 Å². The molecule has 4 rings (SSSR count). The number of hydrogen-bond acceptors (Lipinski definition) is 5. The molecule has 0 spiro atoms. The van der Waals surface area contributed by atoms with Gasteiger partial charge in [0.1, 0.15) is 18.0 Å². The Morgan fingerprint density at radius 3 is 2.80 bits per heavy atom. The number of benzene rings is 1. The van der Waals surface area contributed by atoms with Crippen LogP contribution in [-0.4, -0.2) is 41.7 Å². The molecule has 3 heterocycles. The number of aromatic nitrogens is 2. The number of rotatable bonds is 3. The van der Waals surface area contributed by atoms with E-state index in [9.17, 15) is 9.18 Å². The van der Waals surface area contributed by atoms with Gasteiger partial charge >= 0.3 is 0 Å². The lowest BCUT2D eigenvalue weighted by Gasteiger charge is -2.36. The molecule has 1 aromatic heterocycles. The van der Waals surface area contributed by atoms with Gasteiger partial charge in [0.15, 0.2) is 0 Å². The van der Waals surface area contributed by atoms with Gasteiger partial charge in [0, 0.05) is 19.7 Å². The Hall–Kier alpha value is -2.28. The molecule has 0 unspecified atom stereocenters. The van der Waals surface area contributed by atoms with Crippen LogP contribution in [0.5, 0.6) is 0 Å². The van der Waals surface area contributed by atoms with Crippen LogP contribution in [0.1, 0.15) is 19.3 Å². The first-order valence-corrected chi connectivity index (χ1v) is 8.70. The fourth-order valence-electron chi connectivity index (χ4n) is 4.11. The highest BCUT2D eigenvalue weighted by atomic mass is 19.1. The Morgan fingerprint density at radius 1 is 1.24 bits per heavy atom. The normalized spacial score (nSPS) is 24.8. The predicted octanol–water partition coefficient (Wildman–Crippen LogP) is 1.88. The van der Waals surface area contributed by atoms with Gasteiger partial charge in [-0.05, 0) is 37.3 Å². The zero-order chi connectivity index (χ0) is 17.4. The third-order valence-electron chi connectivity index (χ3n) is 5.40. The van der Waals surface area contributed by atoms with Gasteiger partial charge in [-0.15, -0.1) is 0 Å². The number of nitrogens with two attached hydrogens (primary N) is 1. The molecule has 132 valence electrons. The molecule has 2 aliphatic heterocycles. The molecule has 1 aromatic carbocycles. The Balaban J connectivity index is 1.52. The van der Waals surface area contributed by atoms with Crippen LogP contribution in [0.25, 0.3) is 10.9 Å². The zero-order valence-corrected chi connectivity index (χ0v) is 13.9. The number of piperidine rings is 1. The summed E-state index contributed by atoms with van der Waals surface area (Å²) in [6.07, 6.45) is 3.84. The molecular weight excluding hydrogens is 323 g/mol. The first kappa shape index (κ1) is 16.2. The summed E-state index contributed by atoms with van der Waals surface area (Å²) in [4.78, 5) is 22.2. The number of anilines is 1. The lowest BCUT2D eigenvalue weighted by molar-refractivity contribution is -0.124. The number of hydrogen-bond donors (Lipinski definition) is 1. The molecule has 6 nitrogen and oxygen atoms in total. The molecule has 0 radical (unpaired) electrons. The van der Waals surface area contributed by atoms with Crippen LogP contribution >= 0.6 is 0 Å². The lowest BCUT2D eigenvalue weighted by Crippen LogP contribution is -2.42. The summed E-state index contributed by atoms with van der Waals surface area (Å²) in [5, 5.41) is 0.468. The molecule has 2 atom stereocenters. The van der Waals surface area contributed by atoms with Gasteiger partial charge in [-0.25, -0.2) is 14.4 Å². The number of nitrogens with zero attached hydrogens (tertiary/aromatic N) is 3. The summed E-state index contributed by atoms with van der Waals surface area (Å²) in [6.45, 7) is 2.09. The highest BCUT2D eigenvalue weighted by Gasteiger charge is 2.39. The molecule has 25 heavy (non-hydrogen) atoms. The molecule has 2 fully saturated rings. The van der Waals surface area contributed by atoms with Crippen LogP contribution in [0, 0.1) is 17.7 Å². The summed E-state index contributed by atoms with van der Waals surface area (Å²) in [5.41, 5.74) is 6.12. The highest BCUT2D eigenvalue weighted by Crippen LogP contribution is 2.35. The Kier molecular flexibility index (Phi) is 4.25. The minimum atomic E-state index is -0.303. The van der Waals surface area contributed by atoms with Crippen LogP contribution in [-0.2, 0) is 9.53 Å². The number of amides is 1. The number of carbonyl (C=O) groups excluding carboxylic acids is 1. The van der Waals surface area contributed by atoms with E-state index in [0.29, 0.717) is 35.7 Å². The van der Waals surface area contributed by atoms with E-state index in [-0.39, 0.29) is 23.7 Å². The largest absolute Gasteiger partial charge is 0.377 e. The van der Waals surface area contributed by atoms with E-state index in [4.69, 9.17) is 10.5 Å². The van der Waals surface area contributed by atoms with Gasteiger partial charge < -0.3 is 15.4 Å². The van der Waals surface area contributed by atoms with E-state index >= 15 is 0 Å². The van der Waals surface area contributed by atoms with E-state index in [2.05, 4.69) is 14.9 Å². The van der Waals surface area contributed by atoms with E-state index in [0.717, 1.165) is 25.9 Å². The third-order valence-corrected chi connectivity index (χ3v) is 5.40. The summed E-state index contributed by atoms with van der Waals surface area (Å²) in [7, 11) is 0. The van der Waals surface area contributed by atoms with Crippen LogP contribution in [0.2, 0.25) is 0 Å². The van der Waals surface area contributed by atoms with Crippen LogP contribution in [0.15, 0.2) is 24.5 Å². The van der Waals surface area contributed by atoms with Gasteiger partial charge in [-0.3, -0.25) is 4.79 Å². The molecule has 2 N–H and O–H groups in total. The van der Waals surface area contributed by atoms with E-state index in [1.807, 2.05) is 0 Å². The second-order valence-corrected chi connectivity index (χ2v) is 6.79. The van der Waals surface area contributed by atoms with Crippen molar-refractivity contribution in [3.05, 3.63) is 30.3 Å². The molecule has 2 saturated heterocycles. The molecule has 2 aromatic rings. The molecule has 0 saturated carbocycles. The van der Waals surface area contributed by atoms with Crippen LogP contribution < -0.4 is 10.6 Å². The van der Waals surface area contributed by atoms with Crippen LogP contribution in [0.4, 0.5) is 10.2 Å². The van der Waals surface area contributed by atoms with Crippen molar-refractivity contribution in [1.29, 1.82) is 0 Å². The number of carbonyl (C=O) groups is 1. The average Bonchev–Trinajstić information content (AvgIpc) is 3.12. The average molecular weight is 344 g/mol. The maximum absolute atomic E-state index is 14.3. The molecule has 0 aliphatic carbocycles. The Labute approximate surface area is 145 Å². The van der Waals surface area contributed by atoms with E-state index in [1.165, 1.54) is 12.4 Å². The van der Waals surface area contributed by atoms with Crippen molar-refractivity contribution in [1.82, 2.24) is 9.97 Å². The molecule has 0 bridgehead atoms. The van der Waals surface area contributed by atoms with Crippen molar-refractivity contribution < 1.29 is 13.9 Å². The first-order valence-electron chi connectivity index (χ1n) is 8.70. The number of halogens is 1. The van der Waals surface area contributed by atoms with Crippen molar-refractivity contribution in [2.24, 2.45) is 17.6 Å². The standard InChI is InChI=1S/C18H21FN4O2/c19-13-2-1-3-14-15(13)18(22-10-21-14)23-7-4-11(5-8-23)16-12(17(20)24)6-9-25-16/h1-3,10-12,16H,4-9H2,(H2,20,24)/t12-,16+/m0/s1. The molecule has 1 amide bonds. The van der Waals surface area contributed by atoms with Gasteiger partial charge in [0.05, 0.1) is 22.9 Å². The fourth-order valence-corrected chi connectivity index (χ4v) is 4.11. The van der Waals surface area contributed by atoms with E-state index in [1.54, 1.807) is 12.1 Å². The quantitative estimate of drug-likeness (QED) is 0.919. The second-order valence-electron chi connectivity index (χ2n) is 6.79. The monoisotopic (exact) mass is 344 g/mol. The minimum Gasteiger partial charge on any atom is -0.377 e. The van der Waals surface area contributed by atoms with Crippen molar-refractivity contribution >= 4 is 22.6 Å². The molecule has 7 heteroatoms. The Bertz CT molecular complexity index is 786. The fraction of sp³-hybridized carbons (Fsp3) is 0.500. The number of ether oxygens (including phenoxy) is 1. The van der Waals surface area contributed by atoms with Crippen molar-refractivity contribution in [3.63, 3.8) is 0 Å². The number of fused-ring (bicyclic) bond motifs is 1. The predicted molar refractivity (Wildman–Crippen MR) is 91.5 cm³/mol. The smallest absolute Gasteiger partial charge is 0.223 e. The summed E-state index contributed by atoms with van der Waals surface area (Å²) in [6, 6.07) is 4.88. The highest BCUT2D eigenvalue weighted by molar-refractivity contribution is 5.89. The van der Waals surface area contributed by atoms with Gasteiger partial charge in [-0.2, -0.15) is 0 Å². The second kappa shape index (κ2) is 6.55. The van der Waals surface area contributed by atoms with Crippen molar-refractivity contribution in [2.75, 3.05) is 24.6 Å². The van der Waals surface area contributed by atoms with Gasteiger partial charge in [0.2, 0.25) is 5.91 Å². The van der Waals surface area contributed by atoms with Crippen LogP contribution in [0.3, 0.4) is 0 Å². The Morgan fingerprint density at radius 2 is 2.04 bits per heavy atom. The topological polar surface area (TPSA) is 81.3 Å². The molecule has 2 aliphatic rings. The number of primary amides is 1. The zero-order valence-electron chi connectivity index (χ0n) is 13.9. The van der Waals surface area contributed by atoms with Crippen molar-refractivity contribution in [3.8, 4) is 0 Å². The maximum atomic E-state index is 14.3. The lowest BCUT2D eigenvalue weighted by atomic mass is 9.84. The SMILES string of the molecule is NC(=O)[C@H]1CCO[C@@H]1C1CCN(c2ncnc3cccc(F)c23)CC1. The van der Waals surface area contributed by atoms with Gasteiger partial charge in [0.25, 0.3) is 0 Å². The summed E-state index contributed by atoms with van der Waals surface area (Å²) >= 11 is 0. The third kappa shape index (κ3) is 2.93. The first-order chi connectivity index (χ1) is 12.1.